The molecule has 3 aromatic carbocycles. The first-order valence-electron chi connectivity index (χ1n) is 11.7. The zero-order chi connectivity index (χ0) is 25.4. The average Bonchev–Trinajstić information content (AvgIpc) is 3.41. The van der Waals surface area contributed by atoms with Crippen LogP contribution in [0.4, 0.5) is 0 Å². The van der Waals surface area contributed by atoms with Crippen LogP contribution in [0.2, 0.25) is 10.0 Å². The molecule has 0 fully saturated rings. The highest BCUT2D eigenvalue weighted by Crippen LogP contribution is 2.46. The summed E-state index contributed by atoms with van der Waals surface area (Å²) >= 11 is 12.8. The Morgan fingerprint density at radius 3 is 2.56 bits per heavy atom. The van der Waals surface area contributed by atoms with Crippen LogP contribution < -0.4 is 4.74 Å². The highest BCUT2D eigenvalue weighted by Gasteiger charge is 2.42. The molecule has 0 bridgehead atoms. The number of aromatic hydroxyl groups is 1. The van der Waals surface area contributed by atoms with E-state index in [4.69, 9.17) is 27.9 Å². The lowest BCUT2D eigenvalue weighted by Crippen LogP contribution is -2.29. The first kappa shape index (κ1) is 24.2. The number of ether oxygens (including phenoxy) is 1. The van der Waals surface area contributed by atoms with Gasteiger partial charge in [0.15, 0.2) is 0 Å². The van der Waals surface area contributed by atoms with Gasteiger partial charge in [-0.15, -0.1) is 0 Å². The minimum atomic E-state index is -0.461. The fourth-order valence-electron chi connectivity index (χ4n) is 4.54. The van der Waals surface area contributed by atoms with Crippen molar-refractivity contribution in [1.82, 2.24) is 15.1 Å². The number of carbonyl (C=O) groups excluding carboxylic acids is 1. The molecule has 1 atom stereocenters. The number of aryl methyl sites for hydroxylation is 1. The highest BCUT2D eigenvalue weighted by atomic mass is 35.5. The van der Waals surface area contributed by atoms with Crippen LogP contribution >= 0.6 is 23.2 Å². The standard InChI is InChI=1S/C28H25Cl2N3O3/c1-3-12-36-19-10-8-17(9-11-19)27-24-25(20-14-22(30)16(2)13-23(20)34)31-32-26(24)28(35)33(27)15-18-6-4-5-7-21(18)29/h4-11,13-14,27,34H,3,12,15H2,1-2H3,(H,31,32). The second kappa shape index (κ2) is 9.88. The zero-order valence-corrected chi connectivity index (χ0v) is 21.4. The Bertz CT molecular complexity index is 1430. The number of fused-ring (bicyclic) bond motifs is 1. The first-order valence-corrected chi connectivity index (χ1v) is 12.5. The van der Waals surface area contributed by atoms with Crippen LogP contribution in [0, 0.1) is 6.92 Å². The number of benzene rings is 3. The van der Waals surface area contributed by atoms with E-state index in [1.54, 1.807) is 17.0 Å². The van der Waals surface area contributed by atoms with E-state index in [-0.39, 0.29) is 11.7 Å². The topological polar surface area (TPSA) is 78.5 Å². The molecule has 0 radical (unpaired) electrons. The molecule has 0 spiro atoms. The fourth-order valence-corrected chi connectivity index (χ4v) is 4.90. The van der Waals surface area contributed by atoms with Gasteiger partial charge >= 0.3 is 0 Å². The summed E-state index contributed by atoms with van der Waals surface area (Å²) in [5.41, 5.74) is 4.48. The number of carbonyl (C=O) groups is 1. The molecule has 36 heavy (non-hydrogen) atoms. The SMILES string of the molecule is CCCOc1ccc(C2c3c(-c4cc(Cl)c(C)cc4O)n[nH]c3C(=O)N2Cc2ccccc2Cl)cc1. The zero-order valence-electron chi connectivity index (χ0n) is 19.9. The molecule has 1 aliphatic heterocycles. The first-order chi connectivity index (χ1) is 17.4. The van der Waals surface area contributed by atoms with E-state index in [0.717, 1.165) is 28.9 Å². The molecule has 4 aromatic rings. The van der Waals surface area contributed by atoms with Crippen molar-refractivity contribution in [2.45, 2.75) is 32.9 Å². The van der Waals surface area contributed by atoms with Gasteiger partial charge in [0.2, 0.25) is 0 Å². The summed E-state index contributed by atoms with van der Waals surface area (Å²) in [5.74, 6) is 0.612. The fraction of sp³-hybridized carbons (Fsp3) is 0.214. The third-order valence-corrected chi connectivity index (χ3v) is 7.14. The van der Waals surface area contributed by atoms with Crippen LogP contribution in [0.25, 0.3) is 11.3 Å². The van der Waals surface area contributed by atoms with Crippen molar-refractivity contribution in [3.05, 3.63) is 98.7 Å². The second-order valence-electron chi connectivity index (χ2n) is 8.82. The van der Waals surface area contributed by atoms with Crippen LogP contribution in [-0.2, 0) is 6.54 Å². The number of phenols is 1. The molecule has 6 nitrogen and oxygen atoms in total. The average molecular weight is 522 g/mol. The Balaban J connectivity index is 1.63. The summed E-state index contributed by atoms with van der Waals surface area (Å²) < 4.78 is 5.76. The number of rotatable bonds is 7. The number of H-pyrrole nitrogens is 1. The van der Waals surface area contributed by atoms with Crippen molar-refractivity contribution in [2.24, 2.45) is 0 Å². The molecule has 1 aliphatic rings. The molecule has 0 aliphatic carbocycles. The van der Waals surface area contributed by atoms with Crippen LogP contribution in [-0.4, -0.2) is 32.7 Å². The van der Waals surface area contributed by atoms with Crippen molar-refractivity contribution in [1.29, 1.82) is 0 Å². The van der Waals surface area contributed by atoms with Gasteiger partial charge in [-0.05, 0) is 60.4 Å². The number of aromatic nitrogens is 2. The number of amides is 1. The Morgan fingerprint density at radius 2 is 1.83 bits per heavy atom. The molecule has 1 aromatic heterocycles. The predicted octanol–water partition coefficient (Wildman–Crippen LogP) is 6.93. The summed E-state index contributed by atoms with van der Waals surface area (Å²) in [6.07, 6.45) is 0.912. The molecule has 1 unspecified atom stereocenters. The molecule has 5 rings (SSSR count). The predicted molar refractivity (Wildman–Crippen MR) is 141 cm³/mol. The highest BCUT2D eigenvalue weighted by molar-refractivity contribution is 6.32. The maximum Gasteiger partial charge on any atom is 0.273 e. The van der Waals surface area contributed by atoms with Crippen LogP contribution in [0.5, 0.6) is 11.5 Å². The second-order valence-corrected chi connectivity index (χ2v) is 9.64. The van der Waals surface area contributed by atoms with Crippen molar-refractivity contribution in [3.8, 4) is 22.8 Å². The van der Waals surface area contributed by atoms with E-state index in [0.29, 0.717) is 45.7 Å². The lowest BCUT2D eigenvalue weighted by Gasteiger charge is -2.27. The summed E-state index contributed by atoms with van der Waals surface area (Å²) in [6.45, 7) is 4.81. The lowest BCUT2D eigenvalue weighted by atomic mass is 9.95. The molecule has 2 N–H and O–H groups in total. The maximum absolute atomic E-state index is 13.7. The Morgan fingerprint density at radius 1 is 1.08 bits per heavy atom. The third kappa shape index (κ3) is 4.31. The normalized spacial score (nSPS) is 14.8. The molecule has 1 amide bonds. The largest absolute Gasteiger partial charge is 0.507 e. The quantitative estimate of drug-likeness (QED) is 0.276. The number of halogens is 2. The Labute approximate surface area is 219 Å². The van der Waals surface area contributed by atoms with Gasteiger partial charge in [-0.3, -0.25) is 9.89 Å². The van der Waals surface area contributed by atoms with Crippen molar-refractivity contribution >= 4 is 29.1 Å². The van der Waals surface area contributed by atoms with Gasteiger partial charge in [-0.2, -0.15) is 5.10 Å². The summed E-state index contributed by atoms with van der Waals surface area (Å²) in [4.78, 5) is 15.4. The Kier molecular flexibility index (Phi) is 6.65. The van der Waals surface area contributed by atoms with Crippen LogP contribution in [0.1, 0.15) is 52.1 Å². The van der Waals surface area contributed by atoms with Crippen LogP contribution in [0.15, 0.2) is 60.7 Å². The molecule has 0 saturated carbocycles. The van der Waals surface area contributed by atoms with E-state index in [9.17, 15) is 9.90 Å². The van der Waals surface area contributed by atoms with E-state index in [1.807, 2.05) is 55.5 Å². The number of aromatic amines is 1. The lowest BCUT2D eigenvalue weighted by molar-refractivity contribution is 0.0730. The van der Waals surface area contributed by atoms with Crippen LogP contribution in [0.3, 0.4) is 0 Å². The number of hydrogen-bond donors (Lipinski definition) is 2. The summed E-state index contributed by atoms with van der Waals surface area (Å²) in [7, 11) is 0. The van der Waals surface area contributed by atoms with Gasteiger partial charge in [0.25, 0.3) is 5.91 Å². The van der Waals surface area contributed by atoms with E-state index < -0.39 is 6.04 Å². The number of phenolic OH excluding ortho intramolecular Hbond substituents is 1. The monoisotopic (exact) mass is 521 g/mol. The smallest absolute Gasteiger partial charge is 0.273 e. The summed E-state index contributed by atoms with van der Waals surface area (Å²) in [6, 6.07) is 18.0. The van der Waals surface area contributed by atoms with E-state index in [2.05, 4.69) is 17.1 Å². The van der Waals surface area contributed by atoms with Gasteiger partial charge in [0.05, 0.1) is 12.6 Å². The Hall–Kier alpha value is -3.48. The molecule has 0 saturated heterocycles. The molecule has 8 heteroatoms. The molecule has 184 valence electrons. The van der Waals surface area contributed by atoms with Gasteiger partial charge in [-0.25, -0.2) is 0 Å². The van der Waals surface area contributed by atoms with Crippen molar-refractivity contribution in [3.63, 3.8) is 0 Å². The van der Waals surface area contributed by atoms with Gasteiger partial charge in [0.1, 0.15) is 22.9 Å². The maximum atomic E-state index is 13.7. The summed E-state index contributed by atoms with van der Waals surface area (Å²) in [5, 5.41) is 19.2. The van der Waals surface area contributed by atoms with E-state index >= 15 is 0 Å². The number of hydrogen-bond acceptors (Lipinski definition) is 4. The molecular weight excluding hydrogens is 497 g/mol. The van der Waals surface area contributed by atoms with E-state index in [1.165, 1.54) is 0 Å². The van der Waals surface area contributed by atoms with Gasteiger partial charge in [-0.1, -0.05) is 60.5 Å². The molecular formula is C28H25Cl2N3O3. The van der Waals surface area contributed by atoms with Gasteiger partial charge < -0.3 is 14.7 Å². The third-order valence-electron chi connectivity index (χ3n) is 6.36. The molecule has 2 heterocycles. The number of nitrogens with one attached hydrogen (secondary N) is 1. The van der Waals surface area contributed by atoms with Crippen molar-refractivity contribution in [2.75, 3.05) is 6.61 Å². The minimum absolute atomic E-state index is 0.0465. The van der Waals surface area contributed by atoms with Crippen molar-refractivity contribution < 1.29 is 14.6 Å². The van der Waals surface area contributed by atoms with Gasteiger partial charge in [0, 0.05) is 27.7 Å². The number of nitrogens with zero attached hydrogens (tertiary/aromatic N) is 2. The minimum Gasteiger partial charge on any atom is -0.507 e.